The number of imidazole rings is 1. The van der Waals surface area contributed by atoms with E-state index in [4.69, 9.17) is 4.98 Å². The molecule has 0 saturated carbocycles. The summed E-state index contributed by atoms with van der Waals surface area (Å²) in [6, 6.07) is 10.3. The van der Waals surface area contributed by atoms with Crippen LogP contribution in [0.1, 0.15) is 18.2 Å². The van der Waals surface area contributed by atoms with Gasteiger partial charge in [-0.25, -0.2) is 15.0 Å². The Bertz CT molecular complexity index is 1180. The van der Waals surface area contributed by atoms with E-state index in [0.29, 0.717) is 12.4 Å². The van der Waals surface area contributed by atoms with Gasteiger partial charge in [0.1, 0.15) is 22.3 Å². The van der Waals surface area contributed by atoms with Crippen LogP contribution in [0.4, 0.5) is 14.6 Å². The van der Waals surface area contributed by atoms with E-state index >= 15 is 0 Å². The Morgan fingerprint density at radius 2 is 1.84 bits per heavy atom. The van der Waals surface area contributed by atoms with Gasteiger partial charge < -0.3 is 4.90 Å². The summed E-state index contributed by atoms with van der Waals surface area (Å²) >= 11 is 1.64. The normalized spacial score (nSPS) is 15.3. The van der Waals surface area contributed by atoms with Crippen LogP contribution in [0.15, 0.2) is 48.1 Å². The van der Waals surface area contributed by atoms with Gasteiger partial charge in [-0.1, -0.05) is 30.3 Å². The van der Waals surface area contributed by atoms with Gasteiger partial charge in [0, 0.05) is 49.5 Å². The lowest BCUT2D eigenvalue weighted by atomic mass is 10.1. The van der Waals surface area contributed by atoms with Crippen LogP contribution in [0.3, 0.4) is 0 Å². The highest BCUT2D eigenvalue weighted by Gasteiger charge is 2.24. The van der Waals surface area contributed by atoms with E-state index < -0.39 is 6.55 Å². The summed E-state index contributed by atoms with van der Waals surface area (Å²) in [6.07, 6.45) is 2.76. The molecule has 9 heteroatoms. The smallest absolute Gasteiger partial charge is 0.319 e. The first-order valence-corrected chi connectivity index (χ1v) is 11.1. The monoisotopic (exact) mass is 440 g/mol. The number of rotatable bonds is 5. The second kappa shape index (κ2) is 8.32. The van der Waals surface area contributed by atoms with E-state index in [1.807, 2.05) is 25.1 Å². The lowest BCUT2D eigenvalue weighted by Gasteiger charge is -2.35. The molecule has 0 unspecified atom stereocenters. The highest BCUT2D eigenvalue weighted by molar-refractivity contribution is 7.17. The van der Waals surface area contributed by atoms with Gasteiger partial charge in [-0.15, -0.1) is 11.3 Å². The van der Waals surface area contributed by atoms with Crippen LogP contribution in [-0.2, 0) is 6.54 Å². The lowest BCUT2D eigenvalue weighted by molar-refractivity contribution is 0.0637. The number of hydrogen-bond donors (Lipinski definition) is 0. The number of piperazine rings is 1. The Morgan fingerprint density at radius 3 is 2.58 bits per heavy atom. The molecular weight excluding hydrogens is 418 g/mol. The molecule has 0 bridgehead atoms. The molecule has 1 fully saturated rings. The quantitative estimate of drug-likeness (QED) is 0.455. The number of halogens is 2. The summed E-state index contributed by atoms with van der Waals surface area (Å²) in [6.45, 7) is 2.82. The van der Waals surface area contributed by atoms with Crippen LogP contribution < -0.4 is 4.90 Å². The minimum atomic E-state index is -2.56. The maximum absolute atomic E-state index is 13.1. The Labute approximate surface area is 182 Å². The fourth-order valence-corrected chi connectivity index (χ4v) is 5.04. The molecule has 1 saturated heterocycles. The summed E-state index contributed by atoms with van der Waals surface area (Å²) in [5, 5.41) is 3.24. The van der Waals surface area contributed by atoms with Crippen molar-refractivity contribution in [2.24, 2.45) is 0 Å². The zero-order valence-corrected chi connectivity index (χ0v) is 17.9. The summed E-state index contributed by atoms with van der Waals surface area (Å²) in [4.78, 5) is 19.0. The van der Waals surface area contributed by atoms with Gasteiger partial charge >= 0.3 is 6.55 Å². The summed E-state index contributed by atoms with van der Waals surface area (Å²) in [5.74, 6) is 2.11. The zero-order valence-electron chi connectivity index (χ0n) is 17.1. The molecular formula is C22H22F2N6S. The molecule has 0 amide bonds. The molecule has 1 aromatic carbocycles. The van der Waals surface area contributed by atoms with Crippen molar-refractivity contribution in [2.45, 2.75) is 20.0 Å². The van der Waals surface area contributed by atoms with Crippen molar-refractivity contribution in [1.82, 2.24) is 24.4 Å². The van der Waals surface area contributed by atoms with E-state index in [9.17, 15) is 8.78 Å². The second-order valence-corrected chi connectivity index (χ2v) is 8.44. The van der Waals surface area contributed by atoms with E-state index in [2.05, 4.69) is 37.3 Å². The fourth-order valence-electron chi connectivity index (χ4n) is 4.05. The third-order valence-electron chi connectivity index (χ3n) is 5.61. The third-order valence-corrected chi connectivity index (χ3v) is 6.48. The number of anilines is 1. The largest absolute Gasteiger partial charge is 0.353 e. The van der Waals surface area contributed by atoms with Gasteiger partial charge in [0.25, 0.3) is 0 Å². The minimum Gasteiger partial charge on any atom is -0.353 e. The van der Waals surface area contributed by atoms with Gasteiger partial charge in [-0.2, -0.15) is 8.78 Å². The Balaban J connectivity index is 1.39. The maximum Gasteiger partial charge on any atom is 0.319 e. The van der Waals surface area contributed by atoms with E-state index in [1.54, 1.807) is 11.3 Å². The summed E-state index contributed by atoms with van der Waals surface area (Å²) < 4.78 is 27.2. The van der Waals surface area contributed by atoms with Crippen LogP contribution in [0.5, 0.6) is 0 Å². The highest BCUT2D eigenvalue weighted by atomic mass is 32.1. The van der Waals surface area contributed by atoms with Gasteiger partial charge in [0.05, 0.1) is 11.9 Å². The Morgan fingerprint density at radius 1 is 1.06 bits per heavy atom. The van der Waals surface area contributed by atoms with Crippen molar-refractivity contribution in [3.63, 3.8) is 0 Å². The standard InChI is InChI=1S/C22H22F2N6S/c1-15-26-20(19-17(14-31-21(19)27-15)16-5-3-2-4-6-16)29-11-9-28(10-12-29)13-18-25-7-8-30(18)22(23)24/h2-8,14,22H,9-13H2,1H3. The molecule has 1 aliphatic rings. The molecule has 1 aliphatic heterocycles. The molecule has 5 rings (SSSR count). The van der Waals surface area contributed by atoms with Crippen LogP contribution in [0, 0.1) is 6.92 Å². The molecule has 0 atom stereocenters. The highest BCUT2D eigenvalue weighted by Crippen LogP contribution is 2.38. The summed E-state index contributed by atoms with van der Waals surface area (Å²) in [5.41, 5.74) is 2.30. The van der Waals surface area contributed by atoms with Crippen molar-refractivity contribution < 1.29 is 8.78 Å². The number of aromatic nitrogens is 4. The molecule has 31 heavy (non-hydrogen) atoms. The molecule has 160 valence electrons. The first-order valence-electron chi connectivity index (χ1n) is 10.2. The first kappa shape index (κ1) is 20.0. The average molecular weight is 441 g/mol. The SMILES string of the molecule is Cc1nc(N2CCN(Cc3nccn3C(F)F)CC2)c2c(-c3ccccc3)csc2n1. The van der Waals surface area contributed by atoms with Crippen molar-refractivity contribution in [2.75, 3.05) is 31.1 Å². The Hall–Kier alpha value is -2.91. The van der Waals surface area contributed by atoms with Crippen LogP contribution in [-0.4, -0.2) is 50.6 Å². The van der Waals surface area contributed by atoms with Crippen LogP contribution in [0.25, 0.3) is 21.3 Å². The number of fused-ring (bicyclic) bond motifs is 1. The van der Waals surface area contributed by atoms with Crippen molar-refractivity contribution in [3.05, 3.63) is 59.8 Å². The first-order chi connectivity index (χ1) is 15.1. The van der Waals surface area contributed by atoms with Crippen molar-refractivity contribution in [3.8, 4) is 11.1 Å². The van der Waals surface area contributed by atoms with Crippen molar-refractivity contribution >= 4 is 27.4 Å². The molecule has 6 nitrogen and oxygen atoms in total. The van der Waals surface area contributed by atoms with E-state index in [-0.39, 0.29) is 0 Å². The van der Waals surface area contributed by atoms with Crippen LogP contribution >= 0.6 is 11.3 Å². The number of thiophene rings is 1. The molecule has 0 aliphatic carbocycles. The molecule has 0 spiro atoms. The Kier molecular flexibility index (Phi) is 5.37. The van der Waals surface area contributed by atoms with E-state index in [0.717, 1.165) is 63.7 Å². The van der Waals surface area contributed by atoms with Gasteiger partial charge in [-0.05, 0) is 12.5 Å². The van der Waals surface area contributed by atoms with Crippen molar-refractivity contribution in [1.29, 1.82) is 0 Å². The number of benzene rings is 1. The lowest BCUT2D eigenvalue weighted by Crippen LogP contribution is -2.46. The molecule has 0 N–H and O–H groups in total. The number of hydrogen-bond acceptors (Lipinski definition) is 6. The van der Waals surface area contributed by atoms with Gasteiger partial charge in [0.2, 0.25) is 0 Å². The predicted molar refractivity (Wildman–Crippen MR) is 119 cm³/mol. The van der Waals surface area contributed by atoms with Gasteiger partial charge in [-0.3, -0.25) is 9.47 Å². The summed E-state index contributed by atoms with van der Waals surface area (Å²) in [7, 11) is 0. The number of alkyl halides is 2. The fraction of sp³-hybridized carbons (Fsp3) is 0.318. The minimum absolute atomic E-state index is 0.396. The number of aryl methyl sites for hydroxylation is 1. The zero-order chi connectivity index (χ0) is 21.4. The number of nitrogens with zero attached hydrogens (tertiary/aromatic N) is 6. The van der Waals surface area contributed by atoms with Gasteiger partial charge in [0.15, 0.2) is 0 Å². The molecule has 0 radical (unpaired) electrons. The third kappa shape index (κ3) is 3.90. The average Bonchev–Trinajstić information content (AvgIpc) is 3.41. The second-order valence-electron chi connectivity index (χ2n) is 7.58. The molecule has 4 heterocycles. The maximum atomic E-state index is 13.1. The molecule has 3 aromatic heterocycles. The topological polar surface area (TPSA) is 50.1 Å². The predicted octanol–water partition coefficient (Wildman–Crippen LogP) is 4.58. The van der Waals surface area contributed by atoms with E-state index in [1.165, 1.54) is 12.4 Å². The molecule has 4 aromatic rings. The van der Waals surface area contributed by atoms with Crippen LogP contribution in [0.2, 0.25) is 0 Å².